The molecule has 0 heterocycles. The molecule has 0 atom stereocenters. The van der Waals surface area contributed by atoms with Crippen molar-refractivity contribution in [3.05, 3.63) is 0 Å². The summed E-state index contributed by atoms with van der Waals surface area (Å²) in [4.78, 5) is 17.9. The largest absolute Gasteiger partial charge is 2.00 e. The normalized spacial score (nSPS) is 5.50. The van der Waals surface area contributed by atoms with Crippen molar-refractivity contribution in [3.63, 3.8) is 0 Å². The number of aliphatic carboxylic acids is 2. The van der Waals surface area contributed by atoms with Gasteiger partial charge in [-0.2, -0.15) is 0 Å². The van der Waals surface area contributed by atoms with Crippen molar-refractivity contribution in [1.29, 1.82) is 0 Å². The summed E-state index contributed by atoms with van der Waals surface area (Å²) < 4.78 is 0. The van der Waals surface area contributed by atoms with E-state index in [1.165, 1.54) is 0 Å². The van der Waals surface area contributed by atoms with E-state index in [4.69, 9.17) is 19.8 Å². The van der Waals surface area contributed by atoms with E-state index in [-0.39, 0.29) is 33.9 Å². The minimum atomic E-state index is -2.19. The Bertz CT molecular complexity index is 80.0. The van der Waals surface area contributed by atoms with Gasteiger partial charge < -0.3 is 19.8 Å². The van der Waals surface area contributed by atoms with Gasteiger partial charge in [0.15, 0.2) is 17.4 Å². The van der Waals surface area contributed by atoms with E-state index in [9.17, 15) is 0 Å². The average Bonchev–Trinajstić information content (AvgIpc) is 1.36. The fourth-order valence-electron chi connectivity index (χ4n) is 0. The van der Waals surface area contributed by atoms with E-state index >= 15 is 0 Å². The summed E-state index contributed by atoms with van der Waals surface area (Å²) in [5.41, 5.74) is 0. The van der Waals surface area contributed by atoms with Crippen LogP contribution in [0.3, 0.4) is 0 Å². The van der Waals surface area contributed by atoms with Gasteiger partial charge >= 0.3 is 16.5 Å². The summed E-state index contributed by atoms with van der Waals surface area (Å²) in [5.74, 6) is -4.37. The Morgan fingerprint density at radius 1 is 1.00 bits per heavy atom. The quantitative estimate of drug-likeness (QED) is 0.275. The van der Waals surface area contributed by atoms with Crippen LogP contribution in [0.5, 0.6) is 0 Å². The molecular formula is C2H3AlNiO4. The molecule has 0 rings (SSSR count). The monoisotopic (exact) mass is 176 g/mol. The Morgan fingerprint density at radius 3 is 1.12 bits per heavy atom. The van der Waals surface area contributed by atoms with Crippen LogP contribution in [0.1, 0.15) is 0 Å². The standard InChI is InChI=1S/C2H2O4.Al.Ni.3H/c3-1(4)2(5)6;;;;;/h(H,3,4)(H,5,6);;;;;/q;;+2;;;/p-2. The SMILES string of the molecule is O=C([O-])C(=O)[O-].[AlH3].[Ni+2]. The second-order valence-corrected chi connectivity index (χ2v) is 0.575. The number of hydrogen-bond acceptors (Lipinski definition) is 4. The molecule has 0 aliphatic rings. The molecule has 6 heteroatoms. The van der Waals surface area contributed by atoms with Crippen LogP contribution >= 0.6 is 0 Å². The number of carboxylic acids is 2. The van der Waals surface area contributed by atoms with Crippen molar-refractivity contribution in [1.82, 2.24) is 0 Å². The zero-order valence-electron chi connectivity index (χ0n) is 2.95. The van der Waals surface area contributed by atoms with Crippen molar-refractivity contribution in [2.24, 2.45) is 0 Å². The van der Waals surface area contributed by atoms with Crippen molar-refractivity contribution in [2.45, 2.75) is 0 Å². The Hall–Kier alpha value is -0.0340. The maximum atomic E-state index is 8.93. The maximum Gasteiger partial charge on any atom is 2.00 e. The molecule has 0 aromatic rings. The number of rotatable bonds is 0. The second-order valence-electron chi connectivity index (χ2n) is 0.575. The van der Waals surface area contributed by atoms with Gasteiger partial charge in [0.2, 0.25) is 0 Å². The minimum absolute atomic E-state index is 0. The predicted octanol–water partition coefficient (Wildman–Crippen LogP) is -4.70. The first-order valence-corrected chi connectivity index (χ1v) is 1.07. The van der Waals surface area contributed by atoms with Crippen molar-refractivity contribution in [3.8, 4) is 0 Å². The average molecular weight is 177 g/mol. The van der Waals surface area contributed by atoms with E-state index in [1.807, 2.05) is 0 Å². The molecule has 48 valence electrons. The zero-order valence-corrected chi connectivity index (χ0v) is 3.94. The van der Waals surface area contributed by atoms with Crippen molar-refractivity contribution >= 4 is 29.3 Å². The van der Waals surface area contributed by atoms with Crippen LogP contribution in [0.2, 0.25) is 0 Å². The summed E-state index contributed by atoms with van der Waals surface area (Å²) in [6, 6.07) is 0. The number of carbonyl (C=O) groups is 2. The fourth-order valence-corrected chi connectivity index (χ4v) is 0. The Morgan fingerprint density at radius 2 is 1.12 bits per heavy atom. The van der Waals surface area contributed by atoms with Crippen molar-refractivity contribution in [2.75, 3.05) is 0 Å². The molecule has 0 unspecified atom stereocenters. The first-order chi connectivity index (χ1) is 2.64. The topological polar surface area (TPSA) is 80.3 Å². The molecule has 0 saturated carbocycles. The van der Waals surface area contributed by atoms with Gasteiger partial charge in [0.1, 0.15) is 0 Å². The van der Waals surface area contributed by atoms with Gasteiger partial charge in [-0.05, 0) is 0 Å². The van der Waals surface area contributed by atoms with E-state index < -0.39 is 11.9 Å². The number of carboxylic acid groups (broad SMARTS) is 2. The van der Waals surface area contributed by atoms with Crippen LogP contribution in [0.4, 0.5) is 0 Å². The summed E-state index contributed by atoms with van der Waals surface area (Å²) in [7, 11) is 0. The molecule has 0 bridgehead atoms. The van der Waals surface area contributed by atoms with Crippen molar-refractivity contribution < 1.29 is 36.3 Å². The van der Waals surface area contributed by atoms with Crippen LogP contribution in [-0.2, 0) is 26.1 Å². The van der Waals surface area contributed by atoms with Gasteiger partial charge in [-0.1, -0.05) is 0 Å². The number of carbonyl (C=O) groups excluding carboxylic acids is 2. The molecule has 0 aliphatic heterocycles. The van der Waals surface area contributed by atoms with Crippen LogP contribution < -0.4 is 10.2 Å². The molecular weight excluding hydrogens is 174 g/mol. The molecule has 0 amide bonds. The van der Waals surface area contributed by atoms with Gasteiger partial charge in [0, 0.05) is 0 Å². The van der Waals surface area contributed by atoms with Gasteiger partial charge in [0.05, 0.1) is 11.9 Å². The molecule has 0 aliphatic carbocycles. The summed E-state index contributed by atoms with van der Waals surface area (Å²) in [5, 5.41) is 17.9. The maximum absolute atomic E-state index is 8.93. The second kappa shape index (κ2) is 6.97. The predicted molar refractivity (Wildman–Crippen MR) is 20.0 cm³/mol. The molecule has 0 N–H and O–H groups in total. The smallest absolute Gasteiger partial charge is 0.543 e. The van der Waals surface area contributed by atoms with Gasteiger partial charge in [-0.3, -0.25) is 0 Å². The zero-order chi connectivity index (χ0) is 5.15. The van der Waals surface area contributed by atoms with E-state index in [1.54, 1.807) is 0 Å². The molecule has 4 nitrogen and oxygen atoms in total. The van der Waals surface area contributed by atoms with Gasteiger partial charge in [0.25, 0.3) is 0 Å². The summed E-state index contributed by atoms with van der Waals surface area (Å²) in [6.07, 6.45) is 0. The van der Waals surface area contributed by atoms with E-state index in [2.05, 4.69) is 0 Å². The molecule has 0 aromatic carbocycles. The minimum Gasteiger partial charge on any atom is -0.543 e. The van der Waals surface area contributed by atoms with Gasteiger partial charge in [-0.15, -0.1) is 0 Å². The fraction of sp³-hybridized carbons (Fsp3) is 0. The molecule has 0 fully saturated rings. The summed E-state index contributed by atoms with van der Waals surface area (Å²) >= 11 is 0. The first kappa shape index (κ1) is 15.7. The Kier molecular flexibility index (Phi) is 13.6. The molecule has 0 aromatic heterocycles. The van der Waals surface area contributed by atoms with Crippen LogP contribution in [0, 0.1) is 0 Å². The molecule has 8 heavy (non-hydrogen) atoms. The van der Waals surface area contributed by atoms with E-state index in [0.717, 1.165) is 0 Å². The Balaban J connectivity index is -0.000000125. The van der Waals surface area contributed by atoms with Crippen LogP contribution in [0.15, 0.2) is 0 Å². The molecule has 0 saturated heterocycles. The molecule has 0 spiro atoms. The number of hydrogen-bond donors (Lipinski definition) is 0. The Labute approximate surface area is 65.9 Å². The van der Waals surface area contributed by atoms with E-state index in [0.29, 0.717) is 0 Å². The van der Waals surface area contributed by atoms with Gasteiger partial charge in [-0.25, -0.2) is 0 Å². The van der Waals surface area contributed by atoms with Crippen LogP contribution in [-0.4, -0.2) is 29.3 Å². The summed E-state index contributed by atoms with van der Waals surface area (Å²) in [6.45, 7) is 0. The third-order valence-corrected chi connectivity index (χ3v) is 0.167. The first-order valence-electron chi connectivity index (χ1n) is 1.07. The third-order valence-electron chi connectivity index (χ3n) is 0.167. The molecule has 0 radical (unpaired) electrons. The van der Waals surface area contributed by atoms with Crippen LogP contribution in [0.25, 0.3) is 0 Å². The third kappa shape index (κ3) is 9.35.